The van der Waals surface area contributed by atoms with Gasteiger partial charge in [0, 0.05) is 12.8 Å². The Labute approximate surface area is 88.1 Å². The summed E-state index contributed by atoms with van der Waals surface area (Å²) in [5.74, 6) is 0.709. The van der Waals surface area contributed by atoms with E-state index in [-0.39, 0.29) is 0 Å². The smallest absolute Gasteiger partial charge is 0.137 e. The molecule has 0 bridgehead atoms. The summed E-state index contributed by atoms with van der Waals surface area (Å²) in [7, 11) is 0. The van der Waals surface area contributed by atoms with Crippen LogP contribution in [-0.4, -0.2) is 19.6 Å². The fourth-order valence-electron chi connectivity index (χ4n) is 0.992. The minimum absolute atomic E-state index is 0.488. The summed E-state index contributed by atoms with van der Waals surface area (Å²) >= 11 is 0. The van der Waals surface area contributed by atoms with E-state index in [4.69, 9.17) is 4.74 Å². The molecular weight excluding hydrogens is 174 g/mol. The second-order valence-electron chi connectivity index (χ2n) is 3.89. The van der Waals surface area contributed by atoms with Crippen LogP contribution in [0.1, 0.15) is 40.5 Å². The number of rotatable bonds is 7. The van der Waals surface area contributed by atoms with E-state index in [0.29, 0.717) is 12.6 Å². The Morgan fingerprint density at radius 1 is 1.43 bits per heavy atom. The highest BCUT2D eigenvalue weighted by atomic mass is 16.5. The number of hydrogen-bond donors (Lipinski definition) is 0. The van der Waals surface area contributed by atoms with Gasteiger partial charge in [-0.3, -0.25) is 4.99 Å². The minimum atomic E-state index is 0.488. The van der Waals surface area contributed by atoms with Gasteiger partial charge in [0.15, 0.2) is 0 Å². The lowest BCUT2D eigenvalue weighted by atomic mass is 10.1. The van der Waals surface area contributed by atoms with E-state index in [1.807, 2.05) is 6.21 Å². The Hall–Kier alpha value is -0.630. The van der Waals surface area contributed by atoms with Gasteiger partial charge >= 0.3 is 0 Å². The summed E-state index contributed by atoms with van der Waals surface area (Å²) in [5.41, 5.74) is 1.21. The van der Waals surface area contributed by atoms with Crippen molar-refractivity contribution < 1.29 is 4.74 Å². The highest BCUT2D eigenvalue weighted by molar-refractivity contribution is 5.77. The Balaban J connectivity index is 3.40. The molecule has 0 saturated carbocycles. The van der Waals surface area contributed by atoms with Crippen LogP contribution in [0.2, 0.25) is 0 Å². The van der Waals surface area contributed by atoms with E-state index in [2.05, 4.69) is 38.8 Å². The molecular formula is C12H23NO. The van der Waals surface area contributed by atoms with Crippen molar-refractivity contribution in [2.24, 2.45) is 10.9 Å². The first-order valence-electron chi connectivity index (χ1n) is 5.41. The Morgan fingerprint density at radius 3 is 2.71 bits per heavy atom. The van der Waals surface area contributed by atoms with E-state index in [1.54, 1.807) is 0 Å². The van der Waals surface area contributed by atoms with Gasteiger partial charge in [0.05, 0.1) is 0 Å². The molecule has 0 aromatic rings. The molecule has 0 N–H and O–H groups in total. The van der Waals surface area contributed by atoms with E-state index in [1.165, 1.54) is 5.57 Å². The number of nitrogens with zero attached hydrogens (tertiary/aromatic N) is 1. The lowest BCUT2D eigenvalue weighted by molar-refractivity contribution is 0.131. The van der Waals surface area contributed by atoms with Crippen LogP contribution < -0.4 is 0 Å². The predicted octanol–water partition coefficient (Wildman–Crippen LogP) is 3.43. The minimum Gasteiger partial charge on any atom is -0.359 e. The first-order chi connectivity index (χ1) is 6.66. The summed E-state index contributed by atoms with van der Waals surface area (Å²) in [6.07, 6.45) is 6.20. The molecule has 82 valence electrons. The van der Waals surface area contributed by atoms with E-state index in [9.17, 15) is 0 Å². The van der Waals surface area contributed by atoms with Crippen molar-refractivity contribution in [3.05, 3.63) is 11.6 Å². The third kappa shape index (κ3) is 9.46. The summed E-state index contributed by atoms with van der Waals surface area (Å²) in [5, 5.41) is 0. The molecule has 0 amide bonds. The van der Waals surface area contributed by atoms with Gasteiger partial charge in [-0.1, -0.05) is 26.8 Å². The number of allylic oxidation sites excluding steroid dienone is 2. The normalized spacial score (nSPS) is 13.1. The topological polar surface area (TPSA) is 21.6 Å². The van der Waals surface area contributed by atoms with Crippen molar-refractivity contribution in [2.45, 2.75) is 40.5 Å². The van der Waals surface area contributed by atoms with Gasteiger partial charge in [0.25, 0.3) is 0 Å². The van der Waals surface area contributed by atoms with Gasteiger partial charge in [0.2, 0.25) is 0 Å². The zero-order valence-corrected chi connectivity index (χ0v) is 9.92. The molecule has 0 saturated heterocycles. The average Bonchev–Trinajstić information content (AvgIpc) is 2.11. The lowest BCUT2D eigenvalue weighted by Gasteiger charge is -2.03. The van der Waals surface area contributed by atoms with Crippen molar-refractivity contribution >= 4 is 6.21 Å². The van der Waals surface area contributed by atoms with Gasteiger partial charge in [-0.2, -0.15) is 0 Å². The SMILES string of the molecule is CC/C=C(C)\C=N/COCCC(C)C. The zero-order chi connectivity index (χ0) is 10.8. The maximum Gasteiger partial charge on any atom is 0.137 e. The highest BCUT2D eigenvalue weighted by Crippen LogP contribution is 1.98. The molecule has 2 nitrogen and oxygen atoms in total. The molecule has 0 radical (unpaired) electrons. The lowest BCUT2D eigenvalue weighted by Crippen LogP contribution is -1.99. The Morgan fingerprint density at radius 2 is 2.14 bits per heavy atom. The highest BCUT2D eigenvalue weighted by Gasteiger charge is 1.92. The predicted molar refractivity (Wildman–Crippen MR) is 62.8 cm³/mol. The molecule has 0 unspecified atom stereocenters. The third-order valence-electron chi connectivity index (χ3n) is 1.83. The van der Waals surface area contributed by atoms with Gasteiger partial charge < -0.3 is 4.74 Å². The van der Waals surface area contributed by atoms with Gasteiger partial charge in [0.1, 0.15) is 6.73 Å². The van der Waals surface area contributed by atoms with Crippen LogP contribution >= 0.6 is 0 Å². The Bertz CT molecular complexity index is 183. The summed E-state index contributed by atoms with van der Waals surface area (Å²) in [4.78, 5) is 4.17. The molecule has 0 aliphatic rings. The van der Waals surface area contributed by atoms with Crippen molar-refractivity contribution in [2.75, 3.05) is 13.3 Å². The molecule has 0 aromatic heterocycles. The molecule has 0 aromatic carbocycles. The van der Waals surface area contributed by atoms with Crippen molar-refractivity contribution in [3.63, 3.8) is 0 Å². The molecule has 0 atom stereocenters. The molecule has 0 aliphatic carbocycles. The van der Waals surface area contributed by atoms with Crippen LogP contribution in [0.25, 0.3) is 0 Å². The monoisotopic (exact) mass is 197 g/mol. The first-order valence-corrected chi connectivity index (χ1v) is 5.41. The van der Waals surface area contributed by atoms with Crippen LogP contribution in [-0.2, 0) is 4.74 Å². The molecule has 0 spiro atoms. The second-order valence-corrected chi connectivity index (χ2v) is 3.89. The largest absolute Gasteiger partial charge is 0.359 e. The molecule has 0 aliphatic heterocycles. The van der Waals surface area contributed by atoms with Crippen LogP contribution in [0.3, 0.4) is 0 Å². The summed E-state index contributed by atoms with van der Waals surface area (Å²) < 4.78 is 5.35. The molecule has 0 heterocycles. The molecule has 2 heteroatoms. The summed E-state index contributed by atoms with van der Waals surface area (Å²) in [6.45, 7) is 9.87. The van der Waals surface area contributed by atoms with Crippen LogP contribution in [0, 0.1) is 5.92 Å². The van der Waals surface area contributed by atoms with Crippen molar-refractivity contribution in [1.29, 1.82) is 0 Å². The first kappa shape index (κ1) is 13.4. The Kier molecular flexibility index (Phi) is 8.54. The number of ether oxygens (including phenoxy) is 1. The van der Waals surface area contributed by atoms with Crippen LogP contribution in [0.4, 0.5) is 0 Å². The average molecular weight is 197 g/mol. The van der Waals surface area contributed by atoms with E-state index < -0.39 is 0 Å². The molecule has 14 heavy (non-hydrogen) atoms. The van der Waals surface area contributed by atoms with Crippen LogP contribution in [0.5, 0.6) is 0 Å². The van der Waals surface area contributed by atoms with Gasteiger partial charge in [-0.05, 0) is 31.3 Å². The maximum atomic E-state index is 5.35. The van der Waals surface area contributed by atoms with Crippen LogP contribution in [0.15, 0.2) is 16.6 Å². The fraction of sp³-hybridized carbons (Fsp3) is 0.750. The zero-order valence-electron chi connectivity index (χ0n) is 9.92. The van der Waals surface area contributed by atoms with Gasteiger partial charge in [-0.25, -0.2) is 0 Å². The molecule has 0 rings (SSSR count). The second kappa shape index (κ2) is 8.95. The molecule has 0 fully saturated rings. The van der Waals surface area contributed by atoms with Gasteiger partial charge in [-0.15, -0.1) is 0 Å². The number of hydrogen-bond acceptors (Lipinski definition) is 2. The quantitative estimate of drug-likeness (QED) is 0.452. The maximum absolute atomic E-state index is 5.35. The number of aliphatic imine (C=N–C) groups is 1. The standard InChI is InChI=1S/C12H23NO/c1-5-6-12(4)9-13-10-14-8-7-11(2)3/h6,9,11H,5,7-8,10H2,1-4H3/b12-6-,13-9-. The van der Waals surface area contributed by atoms with Crippen molar-refractivity contribution in [3.8, 4) is 0 Å². The van der Waals surface area contributed by atoms with E-state index >= 15 is 0 Å². The van der Waals surface area contributed by atoms with E-state index in [0.717, 1.165) is 19.4 Å². The fourth-order valence-corrected chi connectivity index (χ4v) is 0.992. The third-order valence-corrected chi connectivity index (χ3v) is 1.83. The summed E-state index contributed by atoms with van der Waals surface area (Å²) in [6, 6.07) is 0. The van der Waals surface area contributed by atoms with Crippen molar-refractivity contribution in [1.82, 2.24) is 0 Å².